The Balaban J connectivity index is 1.86. The van der Waals surface area contributed by atoms with Crippen molar-refractivity contribution >= 4 is 45.1 Å². The Morgan fingerprint density at radius 1 is 1.06 bits per heavy atom. The first kappa shape index (κ1) is 25.6. The molecule has 0 atom stereocenters. The van der Waals surface area contributed by atoms with Gasteiger partial charge in [-0.3, -0.25) is 25.8 Å². The zero-order valence-electron chi connectivity index (χ0n) is 18.4. The van der Waals surface area contributed by atoms with Crippen molar-refractivity contribution in [3.8, 4) is 11.5 Å². The average Bonchev–Trinajstić information content (AvgIpc) is 2.77. The van der Waals surface area contributed by atoms with Crippen LogP contribution in [0.2, 0.25) is 0 Å². The summed E-state index contributed by atoms with van der Waals surface area (Å²) in [5, 5.41) is 2.48. The zero-order valence-corrected chi connectivity index (χ0v) is 20.8. The van der Waals surface area contributed by atoms with Gasteiger partial charge in [0.05, 0.1) is 12.2 Å². The molecule has 32 heavy (non-hydrogen) atoms. The molecule has 0 aliphatic heterocycles. The SMILES string of the molecule is CCCCOc1ccc(Br)cc1C(=O)NC(=S)NNC(=O)COc1ccccc1C(C)C. The van der Waals surface area contributed by atoms with E-state index in [1.54, 1.807) is 18.2 Å². The van der Waals surface area contributed by atoms with Crippen molar-refractivity contribution in [3.05, 3.63) is 58.1 Å². The minimum Gasteiger partial charge on any atom is -0.493 e. The van der Waals surface area contributed by atoms with Crippen LogP contribution in [0.5, 0.6) is 11.5 Å². The van der Waals surface area contributed by atoms with Gasteiger partial charge in [-0.25, -0.2) is 0 Å². The fourth-order valence-electron chi connectivity index (χ4n) is 2.73. The second kappa shape index (κ2) is 13.0. The van der Waals surface area contributed by atoms with Gasteiger partial charge >= 0.3 is 0 Å². The second-order valence-electron chi connectivity index (χ2n) is 7.28. The first-order valence-electron chi connectivity index (χ1n) is 10.4. The van der Waals surface area contributed by atoms with Crippen LogP contribution in [-0.4, -0.2) is 30.1 Å². The summed E-state index contributed by atoms with van der Waals surface area (Å²) in [4.78, 5) is 24.7. The number of para-hydroxylation sites is 1. The van der Waals surface area contributed by atoms with E-state index < -0.39 is 11.8 Å². The summed E-state index contributed by atoms with van der Waals surface area (Å²) >= 11 is 8.47. The Morgan fingerprint density at radius 2 is 1.81 bits per heavy atom. The summed E-state index contributed by atoms with van der Waals surface area (Å²) in [6.07, 6.45) is 1.87. The van der Waals surface area contributed by atoms with E-state index >= 15 is 0 Å². The van der Waals surface area contributed by atoms with E-state index in [-0.39, 0.29) is 17.6 Å². The van der Waals surface area contributed by atoms with Gasteiger partial charge in [0.15, 0.2) is 11.7 Å². The third-order valence-electron chi connectivity index (χ3n) is 4.38. The standard InChI is InChI=1S/C23H28BrN3O4S/c1-4-5-12-30-20-11-10-16(24)13-18(20)22(29)25-23(32)27-26-21(28)14-31-19-9-7-6-8-17(19)15(2)3/h6-11,13,15H,4-5,12,14H2,1-3H3,(H,26,28)(H2,25,27,29,32). The molecule has 2 rings (SSSR count). The lowest BCUT2D eigenvalue weighted by Crippen LogP contribution is -2.49. The van der Waals surface area contributed by atoms with Crippen LogP contribution in [0, 0.1) is 0 Å². The molecule has 2 amide bonds. The van der Waals surface area contributed by atoms with Gasteiger partial charge in [-0.15, -0.1) is 0 Å². The smallest absolute Gasteiger partial charge is 0.276 e. The van der Waals surface area contributed by atoms with Gasteiger partial charge in [0.25, 0.3) is 11.8 Å². The highest BCUT2D eigenvalue weighted by atomic mass is 79.9. The van der Waals surface area contributed by atoms with E-state index in [1.807, 2.05) is 24.3 Å². The van der Waals surface area contributed by atoms with Gasteiger partial charge in [0, 0.05) is 4.47 Å². The number of nitrogens with one attached hydrogen (secondary N) is 3. The number of benzene rings is 2. The molecule has 7 nitrogen and oxygen atoms in total. The minimum atomic E-state index is -0.452. The van der Waals surface area contributed by atoms with Crippen LogP contribution in [-0.2, 0) is 4.79 Å². The summed E-state index contributed by atoms with van der Waals surface area (Å²) in [5.41, 5.74) is 6.27. The lowest BCUT2D eigenvalue weighted by molar-refractivity contribution is -0.123. The van der Waals surface area contributed by atoms with Crippen LogP contribution in [0.15, 0.2) is 46.9 Å². The van der Waals surface area contributed by atoms with E-state index in [0.717, 1.165) is 22.9 Å². The summed E-state index contributed by atoms with van der Waals surface area (Å²) in [7, 11) is 0. The molecule has 0 radical (unpaired) electrons. The Bertz CT molecular complexity index is 953. The summed E-state index contributed by atoms with van der Waals surface area (Å²) in [6.45, 7) is 6.48. The molecule has 0 aromatic heterocycles. The number of rotatable bonds is 9. The van der Waals surface area contributed by atoms with Crippen molar-refractivity contribution in [3.63, 3.8) is 0 Å². The lowest BCUT2D eigenvalue weighted by atomic mass is 10.0. The Kier molecular flexibility index (Phi) is 10.4. The van der Waals surface area contributed by atoms with Gasteiger partial charge in [-0.05, 0) is 54.4 Å². The van der Waals surface area contributed by atoms with Gasteiger partial charge in [0.1, 0.15) is 11.5 Å². The van der Waals surface area contributed by atoms with Crippen LogP contribution < -0.4 is 25.6 Å². The Hall–Kier alpha value is -2.65. The van der Waals surface area contributed by atoms with Crippen LogP contribution in [0.3, 0.4) is 0 Å². The van der Waals surface area contributed by atoms with Gasteiger partial charge in [-0.2, -0.15) is 0 Å². The fraction of sp³-hybridized carbons (Fsp3) is 0.348. The quantitative estimate of drug-likeness (QED) is 0.256. The molecule has 0 aliphatic carbocycles. The number of ether oxygens (including phenoxy) is 2. The molecular formula is C23H28BrN3O4S. The van der Waals surface area contributed by atoms with Crippen LogP contribution in [0.25, 0.3) is 0 Å². The number of hydrogen-bond donors (Lipinski definition) is 3. The van der Waals surface area contributed by atoms with Gasteiger partial charge in [0.2, 0.25) is 0 Å². The molecule has 0 aliphatic rings. The fourth-order valence-corrected chi connectivity index (χ4v) is 3.23. The first-order valence-corrected chi connectivity index (χ1v) is 11.6. The number of amides is 2. The third-order valence-corrected chi connectivity index (χ3v) is 5.08. The summed E-state index contributed by atoms with van der Waals surface area (Å²) in [5.74, 6) is 0.490. The number of unbranched alkanes of at least 4 members (excludes halogenated alkanes) is 1. The van der Waals surface area contributed by atoms with E-state index in [1.165, 1.54) is 0 Å². The third kappa shape index (κ3) is 8.12. The second-order valence-corrected chi connectivity index (χ2v) is 8.60. The predicted molar refractivity (Wildman–Crippen MR) is 132 cm³/mol. The van der Waals surface area contributed by atoms with E-state index in [9.17, 15) is 9.59 Å². The predicted octanol–water partition coefficient (Wildman–Crippen LogP) is 4.47. The molecule has 0 bridgehead atoms. The van der Waals surface area contributed by atoms with E-state index in [4.69, 9.17) is 21.7 Å². The molecule has 172 valence electrons. The maximum atomic E-state index is 12.6. The number of hydrazine groups is 1. The van der Waals surface area contributed by atoms with E-state index in [0.29, 0.717) is 23.7 Å². The molecule has 0 heterocycles. The van der Waals surface area contributed by atoms with Crippen molar-refractivity contribution in [1.29, 1.82) is 0 Å². The molecule has 0 fully saturated rings. The molecule has 0 spiro atoms. The maximum absolute atomic E-state index is 12.6. The number of halogens is 1. The monoisotopic (exact) mass is 521 g/mol. The molecule has 2 aromatic carbocycles. The highest BCUT2D eigenvalue weighted by Gasteiger charge is 2.15. The lowest BCUT2D eigenvalue weighted by Gasteiger charge is -2.15. The van der Waals surface area contributed by atoms with Crippen molar-refractivity contribution in [2.75, 3.05) is 13.2 Å². The first-order chi connectivity index (χ1) is 15.3. The molecule has 0 saturated heterocycles. The van der Waals surface area contributed by atoms with Gasteiger partial charge in [-0.1, -0.05) is 61.3 Å². The summed E-state index contributed by atoms with van der Waals surface area (Å²) in [6, 6.07) is 12.7. The highest BCUT2D eigenvalue weighted by Crippen LogP contribution is 2.26. The molecule has 2 aromatic rings. The van der Waals surface area contributed by atoms with Crippen molar-refractivity contribution in [2.24, 2.45) is 0 Å². The van der Waals surface area contributed by atoms with E-state index in [2.05, 4.69) is 52.9 Å². The van der Waals surface area contributed by atoms with Crippen molar-refractivity contribution in [1.82, 2.24) is 16.2 Å². The molecular weight excluding hydrogens is 494 g/mol. The molecule has 9 heteroatoms. The largest absolute Gasteiger partial charge is 0.493 e. The molecule has 0 unspecified atom stereocenters. The number of hydrogen-bond acceptors (Lipinski definition) is 5. The van der Waals surface area contributed by atoms with Gasteiger partial charge < -0.3 is 9.47 Å². The molecule has 3 N–H and O–H groups in total. The van der Waals surface area contributed by atoms with Crippen molar-refractivity contribution in [2.45, 2.75) is 39.5 Å². The summed E-state index contributed by atoms with van der Waals surface area (Å²) < 4.78 is 12.0. The number of thiocarbonyl (C=S) groups is 1. The molecule has 0 saturated carbocycles. The van der Waals surface area contributed by atoms with Crippen molar-refractivity contribution < 1.29 is 19.1 Å². The minimum absolute atomic E-state index is 0.0505. The average molecular weight is 522 g/mol. The number of carbonyl (C=O) groups excluding carboxylic acids is 2. The topological polar surface area (TPSA) is 88.7 Å². The zero-order chi connectivity index (χ0) is 23.5. The van der Waals surface area contributed by atoms with Crippen LogP contribution in [0.4, 0.5) is 0 Å². The normalized spacial score (nSPS) is 10.4. The number of carbonyl (C=O) groups is 2. The Morgan fingerprint density at radius 3 is 2.53 bits per heavy atom. The van der Waals surface area contributed by atoms with Crippen LogP contribution in [0.1, 0.15) is 55.5 Å². The Labute approximate surface area is 202 Å². The van der Waals surface area contributed by atoms with Crippen LogP contribution >= 0.6 is 28.1 Å². The highest BCUT2D eigenvalue weighted by molar-refractivity contribution is 9.10. The maximum Gasteiger partial charge on any atom is 0.276 e.